The number of likely N-dealkylation sites (N-methyl/N-ethyl adjacent to an activating group) is 1. The van der Waals surface area contributed by atoms with E-state index in [1.807, 2.05) is 104 Å². The van der Waals surface area contributed by atoms with Crippen molar-refractivity contribution in [2.75, 3.05) is 51.0 Å². The number of benzene rings is 4. The molecule has 0 bridgehead atoms. The van der Waals surface area contributed by atoms with Gasteiger partial charge in [-0.05, 0) is 118 Å². The number of hydrogen-bond donors (Lipinski definition) is 1. The van der Waals surface area contributed by atoms with Gasteiger partial charge in [-0.15, -0.1) is 0 Å². The molecule has 0 spiro atoms. The highest BCUT2D eigenvalue weighted by molar-refractivity contribution is 6.08. The predicted octanol–water partition coefficient (Wildman–Crippen LogP) is 7.39. The zero-order valence-corrected chi connectivity index (χ0v) is 32.6. The number of para-hydroxylation sites is 1. The van der Waals surface area contributed by atoms with Crippen LogP contribution in [0, 0.1) is 6.92 Å². The second-order valence-electron chi connectivity index (χ2n) is 15.0. The maximum absolute atomic E-state index is 14.8. The first-order valence-corrected chi connectivity index (χ1v) is 19.0. The molecular formula is C45H50N6O4. The van der Waals surface area contributed by atoms with Crippen molar-refractivity contribution in [3.63, 3.8) is 0 Å². The van der Waals surface area contributed by atoms with Gasteiger partial charge < -0.3 is 34.2 Å². The van der Waals surface area contributed by atoms with Crippen LogP contribution in [0.1, 0.15) is 55.6 Å². The summed E-state index contributed by atoms with van der Waals surface area (Å²) in [4.78, 5) is 49.7. The van der Waals surface area contributed by atoms with E-state index in [0.29, 0.717) is 42.9 Å². The normalized spacial score (nSPS) is 15.0. The number of ether oxygens (including phenoxy) is 1. The largest absolute Gasteiger partial charge is 0.415 e. The van der Waals surface area contributed by atoms with Crippen LogP contribution in [0.15, 0.2) is 97.1 Å². The fourth-order valence-corrected chi connectivity index (χ4v) is 7.61. The van der Waals surface area contributed by atoms with E-state index in [4.69, 9.17) is 4.74 Å². The smallest absolute Gasteiger partial charge is 0.410 e. The van der Waals surface area contributed by atoms with Crippen LogP contribution >= 0.6 is 0 Å². The van der Waals surface area contributed by atoms with Gasteiger partial charge >= 0.3 is 6.09 Å². The van der Waals surface area contributed by atoms with Crippen LogP contribution in [0.4, 0.5) is 16.2 Å². The summed E-state index contributed by atoms with van der Waals surface area (Å²) in [6.45, 7) is 7.05. The maximum atomic E-state index is 14.8. The SMILES string of the molecule is Cc1c(C(=O)N(C)c2ccccc2)cc(-c2cc3c(cc2C(=O)N2Cc4ccccc4C[C@H]2C)CN(C(=O)Oc2ccc(NCCN(C)C)cc2)CC3)n1C. The average molecular weight is 739 g/mol. The van der Waals surface area contributed by atoms with Gasteiger partial charge in [0.2, 0.25) is 0 Å². The lowest BCUT2D eigenvalue weighted by molar-refractivity contribution is 0.0658. The Balaban J connectivity index is 1.19. The number of carbonyl (C=O) groups excluding carboxylic acids is 3. The lowest BCUT2D eigenvalue weighted by Crippen LogP contribution is -2.43. The molecule has 2 aliphatic heterocycles. The summed E-state index contributed by atoms with van der Waals surface area (Å²) in [5.74, 6) is 0.274. The van der Waals surface area contributed by atoms with E-state index in [0.717, 1.165) is 64.5 Å². The third-order valence-corrected chi connectivity index (χ3v) is 11.0. The first-order chi connectivity index (χ1) is 26.5. The quantitative estimate of drug-likeness (QED) is 0.170. The van der Waals surface area contributed by atoms with Gasteiger partial charge in [0, 0.05) is 86.8 Å². The van der Waals surface area contributed by atoms with Crippen molar-refractivity contribution < 1.29 is 19.1 Å². The molecule has 4 aromatic carbocycles. The van der Waals surface area contributed by atoms with Gasteiger partial charge in [0.1, 0.15) is 5.75 Å². The van der Waals surface area contributed by atoms with Crippen molar-refractivity contribution in [3.05, 3.63) is 136 Å². The van der Waals surface area contributed by atoms with Crippen LogP contribution in [0.25, 0.3) is 11.3 Å². The van der Waals surface area contributed by atoms with Crippen molar-refractivity contribution in [3.8, 4) is 17.0 Å². The highest BCUT2D eigenvalue weighted by atomic mass is 16.6. The fourth-order valence-electron chi connectivity index (χ4n) is 7.61. The topological polar surface area (TPSA) is 90.4 Å². The number of anilines is 2. The number of nitrogens with zero attached hydrogens (tertiary/aromatic N) is 5. The van der Waals surface area contributed by atoms with E-state index in [2.05, 4.69) is 35.3 Å². The van der Waals surface area contributed by atoms with E-state index >= 15 is 0 Å². The minimum absolute atomic E-state index is 0.0147. The lowest BCUT2D eigenvalue weighted by atomic mass is 9.90. The monoisotopic (exact) mass is 738 g/mol. The molecule has 1 N–H and O–H groups in total. The summed E-state index contributed by atoms with van der Waals surface area (Å²) < 4.78 is 7.83. The summed E-state index contributed by atoms with van der Waals surface area (Å²) in [6, 6.07) is 31.3. The molecule has 7 rings (SSSR count). The number of rotatable bonds is 9. The van der Waals surface area contributed by atoms with Gasteiger partial charge in [-0.25, -0.2) is 4.79 Å². The number of fused-ring (bicyclic) bond motifs is 2. The van der Waals surface area contributed by atoms with E-state index in [9.17, 15) is 14.4 Å². The summed E-state index contributed by atoms with van der Waals surface area (Å²) >= 11 is 0. The highest BCUT2D eigenvalue weighted by Gasteiger charge is 2.32. The maximum Gasteiger partial charge on any atom is 0.415 e. The Kier molecular flexibility index (Phi) is 10.8. The zero-order chi connectivity index (χ0) is 38.8. The molecule has 10 heteroatoms. The summed E-state index contributed by atoms with van der Waals surface area (Å²) in [5, 5.41) is 3.37. The molecule has 0 saturated carbocycles. The average Bonchev–Trinajstić information content (AvgIpc) is 3.49. The second kappa shape index (κ2) is 15.8. The molecule has 0 unspecified atom stereocenters. The molecule has 3 amide bonds. The molecular weight excluding hydrogens is 689 g/mol. The highest BCUT2D eigenvalue weighted by Crippen LogP contribution is 2.36. The zero-order valence-electron chi connectivity index (χ0n) is 32.6. The van der Waals surface area contributed by atoms with Gasteiger partial charge in [0.05, 0.1) is 5.56 Å². The minimum atomic E-state index is -0.430. The number of aromatic nitrogens is 1. The second-order valence-corrected chi connectivity index (χ2v) is 15.0. The van der Waals surface area contributed by atoms with Gasteiger partial charge in [-0.1, -0.05) is 42.5 Å². The fraction of sp³-hybridized carbons (Fsp3) is 0.311. The number of carbonyl (C=O) groups is 3. The van der Waals surface area contributed by atoms with E-state index in [-0.39, 0.29) is 17.9 Å². The molecule has 0 fully saturated rings. The van der Waals surface area contributed by atoms with E-state index < -0.39 is 6.09 Å². The van der Waals surface area contributed by atoms with E-state index in [1.165, 1.54) is 5.56 Å². The van der Waals surface area contributed by atoms with Gasteiger partial charge in [-0.3, -0.25) is 9.59 Å². The number of nitrogens with one attached hydrogen (secondary N) is 1. The van der Waals surface area contributed by atoms with Crippen molar-refractivity contribution >= 4 is 29.3 Å². The molecule has 1 aromatic heterocycles. The third-order valence-electron chi connectivity index (χ3n) is 11.0. The van der Waals surface area contributed by atoms with Crippen LogP contribution in [-0.2, 0) is 33.0 Å². The third kappa shape index (κ3) is 7.86. The molecule has 0 radical (unpaired) electrons. The molecule has 55 heavy (non-hydrogen) atoms. The predicted molar refractivity (Wildman–Crippen MR) is 218 cm³/mol. The van der Waals surface area contributed by atoms with Gasteiger partial charge in [0.15, 0.2) is 0 Å². The van der Waals surface area contributed by atoms with Gasteiger partial charge in [-0.2, -0.15) is 0 Å². The first-order valence-electron chi connectivity index (χ1n) is 19.0. The summed E-state index contributed by atoms with van der Waals surface area (Å²) in [6.07, 6.45) is 0.934. The Bertz CT molecular complexity index is 2210. The Morgan fingerprint density at radius 1 is 0.818 bits per heavy atom. The Labute approximate surface area is 323 Å². The molecule has 284 valence electrons. The van der Waals surface area contributed by atoms with Crippen molar-refractivity contribution in [1.82, 2.24) is 19.3 Å². The Morgan fingerprint density at radius 3 is 2.25 bits per heavy atom. The molecule has 5 aromatic rings. The summed E-state index contributed by atoms with van der Waals surface area (Å²) in [5.41, 5.74) is 9.64. The summed E-state index contributed by atoms with van der Waals surface area (Å²) in [7, 11) is 7.79. The Morgan fingerprint density at radius 2 is 1.53 bits per heavy atom. The van der Waals surface area contributed by atoms with Crippen LogP contribution in [0.5, 0.6) is 5.75 Å². The molecule has 2 aliphatic rings. The van der Waals surface area contributed by atoms with Crippen LogP contribution < -0.4 is 15.0 Å². The first kappa shape index (κ1) is 37.4. The van der Waals surface area contributed by atoms with E-state index in [1.54, 1.807) is 29.0 Å². The van der Waals surface area contributed by atoms with Crippen molar-refractivity contribution in [1.29, 1.82) is 0 Å². The van der Waals surface area contributed by atoms with Crippen molar-refractivity contribution in [2.24, 2.45) is 7.05 Å². The standard InChI is InChI=1S/C45H50N6O4/c1-30-24-32-12-10-11-13-34(32)29-51(30)44(53)41-26-35-28-50(45(54)55-38-18-16-36(17-19-38)46-21-23-47(3)4)22-20-33(35)25-40(41)42-27-39(31(2)48(42)5)43(52)49(6)37-14-8-7-9-15-37/h7-19,25-27,30,46H,20-24,28-29H2,1-6H3/t30-/m1/s1. The molecule has 3 heterocycles. The number of amides is 3. The molecule has 10 nitrogen and oxygen atoms in total. The van der Waals surface area contributed by atoms with Crippen LogP contribution in [0.3, 0.4) is 0 Å². The van der Waals surface area contributed by atoms with Gasteiger partial charge in [0.25, 0.3) is 11.8 Å². The molecule has 0 saturated heterocycles. The van der Waals surface area contributed by atoms with Crippen LogP contribution in [-0.4, -0.2) is 84.0 Å². The lowest BCUT2D eigenvalue weighted by Gasteiger charge is -2.36. The Hall–Kier alpha value is -5.87. The minimum Gasteiger partial charge on any atom is -0.410 e. The molecule has 0 aliphatic carbocycles. The van der Waals surface area contributed by atoms with Crippen LogP contribution in [0.2, 0.25) is 0 Å². The number of hydrogen-bond acceptors (Lipinski definition) is 6. The van der Waals surface area contributed by atoms with Crippen molar-refractivity contribution in [2.45, 2.75) is 45.8 Å². The molecule has 1 atom stereocenters.